The lowest BCUT2D eigenvalue weighted by Crippen LogP contribution is -2.21. The minimum Gasteiger partial charge on any atom is -0.464 e. The molecule has 0 saturated carbocycles. The van der Waals surface area contributed by atoms with Gasteiger partial charge in [-0.2, -0.15) is 0 Å². The Morgan fingerprint density at radius 3 is 2.95 bits per heavy atom. The summed E-state index contributed by atoms with van der Waals surface area (Å²) >= 11 is 3.02. The predicted molar refractivity (Wildman–Crippen MR) is 87.5 cm³/mol. The highest BCUT2D eigenvalue weighted by Crippen LogP contribution is 2.30. The Balaban J connectivity index is 1.86. The Labute approximate surface area is 133 Å². The Morgan fingerprint density at radius 1 is 1.32 bits per heavy atom. The molecule has 7 heteroatoms. The van der Waals surface area contributed by atoms with E-state index >= 15 is 0 Å². The lowest BCUT2D eigenvalue weighted by Gasteiger charge is -2.03. The maximum absolute atomic E-state index is 12.8. The first kappa shape index (κ1) is 13.4. The molecule has 0 bridgehead atoms. The number of hydrogen-bond acceptors (Lipinski definition) is 6. The van der Waals surface area contributed by atoms with Crippen LogP contribution in [-0.4, -0.2) is 14.5 Å². The SMILES string of the molecule is Cc1nc(Cn2cnc3scc(-c4ccco4)c3c2=O)cs1. The number of thiophene rings is 1. The van der Waals surface area contributed by atoms with E-state index in [1.807, 2.05) is 29.8 Å². The maximum atomic E-state index is 12.8. The van der Waals surface area contributed by atoms with Crippen LogP contribution >= 0.6 is 22.7 Å². The van der Waals surface area contributed by atoms with Gasteiger partial charge in [0.25, 0.3) is 5.56 Å². The molecule has 0 radical (unpaired) electrons. The average molecular weight is 329 g/mol. The molecule has 110 valence electrons. The summed E-state index contributed by atoms with van der Waals surface area (Å²) in [7, 11) is 0. The molecule has 0 aliphatic heterocycles. The minimum atomic E-state index is -0.0664. The summed E-state index contributed by atoms with van der Waals surface area (Å²) in [5.41, 5.74) is 1.61. The number of thiazole rings is 1. The summed E-state index contributed by atoms with van der Waals surface area (Å²) in [6.07, 6.45) is 3.19. The van der Waals surface area contributed by atoms with Crippen molar-refractivity contribution >= 4 is 32.9 Å². The third-order valence-corrected chi connectivity index (χ3v) is 5.05. The quantitative estimate of drug-likeness (QED) is 0.577. The van der Waals surface area contributed by atoms with E-state index < -0.39 is 0 Å². The molecule has 5 nitrogen and oxygen atoms in total. The fourth-order valence-corrected chi connectivity index (χ4v) is 3.84. The molecule has 4 rings (SSSR count). The zero-order valence-corrected chi connectivity index (χ0v) is 13.3. The van der Waals surface area contributed by atoms with Crippen molar-refractivity contribution in [2.45, 2.75) is 13.5 Å². The van der Waals surface area contributed by atoms with Crippen molar-refractivity contribution in [2.24, 2.45) is 0 Å². The van der Waals surface area contributed by atoms with Crippen molar-refractivity contribution in [3.8, 4) is 11.3 Å². The van der Waals surface area contributed by atoms with E-state index in [-0.39, 0.29) is 5.56 Å². The van der Waals surface area contributed by atoms with Crippen molar-refractivity contribution in [1.29, 1.82) is 0 Å². The van der Waals surface area contributed by atoms with Gasteiger partial charge in [-0.25, -0.2) is 9.97 Å². The molecular weight excluding hydrogens is 318 g/mol. The summed E-state index contributed by atoms with van der Waals surface area (Å²) < 4.78 is 7.02. The molecule has 0 amide bonds. The molecule has 0 aliphatic carbocycles. The zero-order valence-electron chi connectivity index (χ0n) is 11.6. The lowest BCUT2D eigenvalue weighted by molar-refractivity contribution is 0.583. The number of furan rings is 1. The largest absolute Gasteiger partial charge is 0.464 e. The highest BCUT2D eigenvalue weighted by molar-refractivity contribution is 7.17. The van der Waals surface area contributed by atoms with Gasteiger partial charge >= 0.3 is 0 Å². The number of aryl methyl sites for hydroxylation is 1. The number of nitrogens with zero attached hydrogens (tertiary/aromatic N) is 3. The monoisotopic (exact) mass is 329 g/mol. The van der Waals surface area contributed by atoms with Crippen LogP contribution in [0.25, 0.3) is 21.5 Å². The fraction of sp³-hybridized carbons (Fsp3) is 0.133. The molecule has 4 aromatic heterocycles. The fourth-order valence-electron chi connectivity index (χ4n) is 2.35. The third kappa shape index (κ3) is 2.18. The van der Waals surface area contributed by atoms with E-state index in [0.717, 1.165) is 21.1 Å². The summed E-state index contributed by atoms with van der Waals surface area (Å²) in [4.78, 5) is 22.3. The van der Waals surface area contributed by atoms with Crippen LogP contribution in [0.1, 0.15) is 10.7 Å². The zero-order chi connectivity index (χ0) is 15.1. The van der Waals surface area contributed by atoms with Crippen LogP contribution in [0.2, 0.25) is 0 Å². The molecule has 0 unspecified atom stereocenters. The van der Waals surface area contributed by atoms with E-state index in [0.29, 0.717) is 17.7 Å². The summed E-state index contributed by atoms with van der Waals surface area (Å²) in [5.74, 6) is 0.687. The van der Waals surface area contributed by atoms with Crippen LogP contribution in [0.4, 0.5) is 0 Å². The molecule has 4 aromatic rings. The van der Waals surface area contributed by atoms with Gasteiger partial charge in [0.2, 0.25) is 0 Å². The Morgan fingerprint density at radius 2 is 2.23 bits per heavy atom. The summed E-state index contributed by atoms with van der Waals surface area (Å²) in [6, 6.07) is 3.66. The van der Waals surface area contributed by atoms with Crippen molar-refractivity contribution in [1.82, 2.24) is 14.5 Å². The molecule has 0 aliphatic rings. The van der Waals surface area contributed by atoms with Gasteiger partial charge in [-0.05, 0) is 19.1 Å². The first-order chi connectivity index (χ1) is 10.7. The molecule has 0 saturated heterocycles. The van der Waals surface area contributed by atoms with Gasteiger partial charge in [-0.1, -0.05) is 0 Å². The lowest BCUT2D eigenvalue weighted by atomic mass is 10.2. The number of fused-ring (bicyclic) bond motifs is 1. The third-order valence-electron chi connectivity index (χ3n) is 3.35. The van der Waals surface area contributed by atoms with Crippen molar-refractivity contribution in [2.75, 3.05) is 0 Å². The second kappa shape index (κ2) is 5.19. The number of aromatic nitrogens is 3. The first-order valence-electron chi connectivity index (χ1n) is 6.64. The number of rotatable bonds is 3. The predicted octanol–water partition coefficient (Wildman–Crippen LogP) is 3.53. The molecule has 22 heavy (non-hydrogen) atoms. The first-order valence-corrected chi connectivity index (χ1v) is 8.40. The van der Waals surface area contributed by atoms with Crippen LogP contribution < -0.4 is 5.56 Å². The van der Waals surface area contributed by atoms with Crippen LogP contribution in [0.15, 0.2) is 44.7 Å². The number of hydrogen-bond donors (Lipinski definition) is 0. The second-order valence-corrected chi connectivity index (χ2v) is 6.76. The molecule has 4 heterocycles. The average Bonchev–Trinajstić information content (AvgIpc) is 3.22. The van der Waals surface area contributed by atoms with Gasteiger partial charge < -0.3 is 4.42 Å². The highest BCUT2D eigenvalue weighted by atomic mass is 32.1. The molecule has 0 N–H and O–H groups in total. The normalized spacial score (nSPS) is 11.3. The molecule has 0 atom stereocenters. The van der Waals surface area contributed by atoms with Gasteiger partial charge in [-0.15, -0.1) is 22.7 Å². The van der Waals surface area contributed by atoms with Gasteiger partial charge in [0.1, 0.15) is 10.6 Å². The van der Waals surface area contributed by atoms with Crippen LogP contribution in [-0.2, 0) is 6.54 Å². The van der Waals surface area contributed by atoms with E-state index in [4.69, 9.17) is 4.42 Å². The van der Waals surface area contributed by atoms with Crippen molar-refractivity contribution < 1.29 is 4.42 Å². The minimum absolute atomic E-state index is 0.0664. The van der Waals surface area contributed by atoms with E-state index in [1.165, 1.54) is 11.3 Å². The Hall–Kier alpha value is -2.25. The standard InChI is InChI=1S/C15H11N3O2S2/c1-9-17-10(6-21-9)5-18-8-16-14-13(15(18)19)11(7-22-14)12-3-2-4-20-12/h2-4,6-8H,5H2,1H3. The molecule has 0 aromatic carbocycles. The smallest absolute Gasteiger partial charge is 0.263 e. The van der Waals surface area contributed by atoms with Gasteiger partial charge in [-0.3, -0.25) is 9.36 Å². The van der Waals surface area contributed by atoms with E-state index in [9.17, 15) is 4.79 Å². The maximum Gasteiger partial charge on any atom is 0.263 e. The van der Waals surface area contributed by atoms with Crippen LogP contribution in [0, 0.1) is 6.92 Å². The van der Waals surface area contributed by atoms with Crippen molar-refractivity contribution in [3.05, 3.63) is 56.5 Å². The Bertz CT molecular complexity index is 996. The Kier molecular flexibility index (Phi) is 3.16. The van der Waals surface area contributed by atoms with Gasteiger partial charge in [0.15, 0.2) is 0 Å². The molecular formula is C15H11N3O2S2. The second-order valence-electron chi connectivity index (χ2n) is 4.84. The molecule has 0 fully saturated rings. The molecule has 0 spiro atoms. The van der Waals surface area contributed by atoms with Crippen molar-refractivity contribution in [3.63, 3.8) is 0 Å². The highest BCUT2D eigenvalue weighted by Gasteiger charge is 2.15. The van der Waals surface area contributed by atoms with Gasteiger partial charge in [0, 0.05) is 16.3 Å². The van der Waals surface area contributed by atoms with Gasteiger partial charge in [0.05, 0.1) is 35.2 Å². The summed E-state index contributed by atoms with van der Waals surface area (Å²) in [6.45, 7) is 2.38. The summed E-state index contributed by atoms with van der Waals surface area (Å²) in [5, 5.41) is 5.47. The van der Waals surface area contributed by atoms with E-state index in [1.54, 1.807) is 28.5 Å². The topological polar surface area (TPSA) is 60.9 Å². The van der Waals surface area contributed by atoms with E-state index in [2.05, 4.69) is 9.97 Å². The van der Waals surface area contributed by atoms with Crippen LogP contribution in [0.3, 0.4) is 0 Å². The van der Waals surface area contributed by atoms with Crippen LogP contribution in [0.5, 0.6) is 0 Å².